The second kappa shape index (κ2) is 5.98. The smallest absolute Gasteiger partial charge is 0.335 e. The van der Waals surface area contributed by atoms with Gasteiger partial charge >= 0.3 is 5.97 Å². The summed E-state index contributed by atoms with van der Waals surface area (Å²) in [7, 11) is 0. The highest BCUT2D eigenvalue weighted by Gasteiger charge is 2.18. The Labute approximate surface area is 107 Å². The molecule has 1 aromatic rings. The zero-order valence-corrected chi connectivity index (χ0v) is 10.4. The van der Waals surface area contributed by atoms with E-state index in [0.717, 1.165) is 37.9 Å². The van der Waals surface area contributed by atoms with Crippen LogP contribution in [0.15, 0.2) is 24.3 Å². The Morgan fingerprint density at radius 3 is 2.89 bits per heavy atom. The Hall–Kier alpha value is -1.39. The van der Waals surface area contributed by atoms with Crippen LogP contribution in [0.25, 0.3) is 0 Å². The van der Waals surface area contributed by atoms with E-state index in [-0.39, 0.29) is 6.10 Å². The highest BCUT2D eigenvalue weighted by molar-refractivity contribution is 5.89. The molecule has 2 rings (SSSR count). The van der Waals surface area contributed by atoms with Crippen molar-refractivity contribution >= 4 is 5.97 Å². The quantitative estimate of drug-likeness (QED) is 0.846. The summed E-state index contributed by atoms with van der Waals surface area (Å²) in [4.78, 5) is 13.3. The zero-order chi connectivity index (χ0) is 13.0. The molecule has 1 atom stereocenters. The lowest BCUT2D eigenvalue weighted by Gasteiger charge is -2.30. The second-order valence-electron chi connectivity index (χ2n) is 4.81. The molecule has 0 aromatic heterocycles. The summed E-state index contributed by atoms with van der Waals surface area (Å²) in [6, 6.07) is 7.12. The number of aliphatic hydroxyl groups excluding tert-OH is 1. The number of carbonyl (C=O) groups is 1. The molecule has 1 aromatic carbocycles. The normalized spacial score (nSPS) is 20.8. The van der Waals surface area contributed by atoms with Gasteiger partial charge in [0.1, 0.15) is 0 Å². The van der Waals surface area contributed by atoms with Crippen LogP contribution in [0.2, 0.25) is 0 Å². The third-order valence-electron chi connectivity index (χ3n) is 3.43. The molecule has 0 radical (unpaired) electrons. The van der Waals surface area contributed by atoms with Gasteiger partial charge in [0.05, 0.1) is 11.7 Å². The molecule has 1 aliphatic heterocycles. The lowest BCUT2D eigenvalue weighted by molar-refractivity contribution is 0.0683. The highest BCUT2D eigenvalue weighted by atomic mass is 16.4. The van der Waals surface area contributed by atoms with E-state index in [0.29, 0.717) is 12.1 Å². The highest BCUT2D eigenvalue weighted by Crippen LogP contribution is 2.13. The van der Waals surface area contributed by atoms with E-state index in [2.05, 4.69) is 4.90 Å². The van der Waals surface area contributed by atoms with E-state index in [1.807, 2.05) is 12.1 Å². The van der Waals surface area contributed by atoms with Crippen LogP contribution in [0.4, 0.5) is 0 Å². The first-order chi connectivity index (χ1) is 8.66. The van der Waals surface area contributed by atoms with Crippen LogP contribution in [0.1, 0.15) is 28.8 Å². The maximum absolute atomic E-state index is 11.1. The number of piperidine rings is 1. The summed E-state index contributed by atoms with van der Waals surface area (Å²) in [5, 5.41) is 18.7. The fourth-order valence-corrected chi connectivity index (χ4v) is 2.46. The van der Waals surface area contributed by atoms with Gasteiger partial charge in [0.15, 0.2) is 0 Å². The van der Waals surface area contributed by atoms with Crippen LogP contribution in [0.3, 0.4) is 0 Å². The third-order valence-corrected chi connectivity index (χ3v) is 3.43. The molecule has 2 N–H and O–H groups in total. The monoisotopic (exact) mass is 249 g/mol. The Morgan fingerprint density at radius 2 is 2.17 bits per heavy atom. The molecular weight excluding hydrogens is 230 g/mol. The van der Waals surface area contributed by atoms with Crippen molar-refractivity contribution < 1.29 is 15.0 Å². The van der Waals surface area contributed by atoms with Crippen LogP contribution >= 0.6 is 0 Å². The molecule has 0 bridgehead atoms. The lowest BCUT2D eigenvalue weighted by Crippen LogP contribution is -2.39. The maximum atomic E-state index is 11.1. The number of carboxylic acid groups (broad SMARTS) is 1. The summed E-state index contributed by atoms with van der Waals surface area (Å²) in [6.45, 7) is 2.50. The molecule has 1 saturated heterocycles. The van der Waals surface area contributed by atoms with E-state index >= 15 is 0 Å². The molecular formula is C14H19NO3. The van der Waals surface area contributed by atoms with Gasteiger partial charge in [-0.3, -0.25) is 0 Å². The molecule has 0 saturated carbocycles. The van der Waals surface area contributed by atoms with Gasteiger partial charge in [-0.25, -0.2) is 4.79 Å². The average Bonchev–Trinajstić information content (AvgIpc) is 2.37. The minimum absolute atomic E-state index is 0.228. The number of aromatic carboxylic acids is 1. The minimum atomic E-state index is -0.871. The molecule has 0 aliphatic carbocycles. The molecule has 1 aliphatic rings. The van der Waals surface area contributed by atoms with Crippen molar-refractivity contribution in [3.8, 4) is 0 Å². The predicted octanol–water partition coefficient (Wildman–Crippen LogP) is 1.38. The molecule has 1 unspecified atom stereocenters. The third kappa shape index (κ3) is 3.31. The predicted molar refractivity (Wildman–Crippen MR) is 68.8 cm³/mol. The standard InChI is InChI=1S/C14H19NO3/c16-12-5-3-8-15(10-12)9-7-11-4-1-2-6-13(11)14(17)18/h1-2,4,6,12,16H,3,5,7-10H2,(H,17,18). The van der Waals surface area contributed by atoms with Crippen molar-refractivity contribution in [3.63, 3.8) is 0 Å². The van der Waals surface area contributed by atoms with Crippen molar-refractivity contribution in [3.05, 3.63) is 35.4 Å². The fraction of sp³-hybridized carbons (Fsp3) is 0.500. The first-order valence-corrected chi connectivity index (χ1v) is 6.38. The largest absolute Gasteiger partial charge is 0.478 e. The van der Waals surface area contributed by atoms with Crippen LogP contribution in [-0.4, -0.2) is 46.8 Å². The number of likely N-dealkylation sites (tertiary alicyclic amines) is 1. The van der Waals surface area contributed by atoms with Gasteiger partial charge < -0.3 is 15.1 Å². The molecule has 4 heteroatoms. The number of β-amino-alcohol motifs (C(OH)–C–C–N with tert-alkyl or cyclic N) is 1. The van der Waals surface area contributed by atoms with Crippen LogP contribution in [0, 0.1) is 0 Å². The van der Waals surface area contributed by atoms with Gasteiger partial charge in [0.2, 0.25) is 0 Å². The van der Waals surface area contributed by atoms with Gasteiger partial charge in [-0.15, -0.1) is 0 Å². The topological polar surface area (TPSA) is 60.8 Å². The van der Waals surface area contributed by atoms with Crippen LogP contribution < -0.4 is 0 Å². The van der Waals surface area contributed by atoms with E-state index < -0.39 is 5.97 Å². The van der Waals surface area contributed by atoms with E-state index in [9.17, 15) is 9.90 Å². The van der Waals surface area contributed by atoms with Gasteiger partial charge in [-0.1, -0.05) is 18.2 Å². The number of hydrogen-bond acceptors (Lipinski definition) is 3. The van der Waals surface area contributed by atoms with E-state index in [1.165, 1.54) is 0 Å². The van der Waals surface area contributed by atoms with Crippen molar-refractivity contribution in [1.29, 1.82) is 0 Å². The Bertz CT molecular complexity index is 419. The van der Waals surface area contributed by atoms with Crippen LogP contribution in [0.5, 0.6) is 0 Å². The van der Waals surface area contributed by atoms with Crippen molar-refractivity contribution in [2.24, 2.45) is 0 Å². The number of nitrogens with zero attached hydrogens (tertiary/aromatic N) is 1. The number of hydrogen-bond donors (Lipinski definition) is 2. The van der Waals surface area contributed by atoms with E-state index in [4.69, 9.17) is 5.11 Å². The number of aliphatic hydroxyl groups is 1. The molecule has 1 fully saturated rings. The fourth-order valence-electron chi connectivity index (χ4n) is 2.46. The van der Waals surface area contributed by atoms with Gasteiger partial charge in [-0.2, -0.15) is 0 Å². The van der Waals surface area contributed by atoms with Crippen LogP contribution in [-0.2, 0) is 6.42 Å². The van der Waals surface area contributed by atoms with Gasteiger partial charge in [0.25, 0.3) is 0 Å². The minimum Gasteiger partial charge on any atom is -0.478 e. The number of benzene rings is 1. The number of carboxylic acids is 1. The van der Waals surface area contributed by atoms with Crippen molar-refractivity contribution in [2.75, 3.05) is 19.6 Å². The van der Waals surface area contributed by atoms with Crippen molar-refractivity contribution in [1.82, 2.24) is 4.90 Å². The Morgan fingerprint density at radius 1 is 1.39 bits per heavy atom. The molecule has 0 spiro atoms. The summed E-state index contributed by atoms with van der Waals surface area (Å²) in [6.07, 6.45) is 2.38. The van der Waals surface area contributed by atoms with Gasteiger partial charge in [0, 0.05) is 13.1 Å². The SMILES string of the molecule is O=C(O)c1ccccc1CCN1CCCC(O)C1. The Balaban J connectivity index is 1.95. The summed E-state index contributed by atoms with van der Waals surface area (Å²) in [5.41, 5.74) is 1.25. The number of rotatable bonds is 4. The lowest BCUT2D eigenvalue weighted by atomic mass is 10.0. The molecule has 0 amide bonds. The average molecular weight is 249 g/mol. The summed E-state index contributed by atoms with van der Waals surface area (Å²) in [5.74, 6) is -0.871. The summed E-state index contributed by atoms with van der Waals surface area (Å²) < 4.78 is 0. The summed E-state index contributed by atoms with van der Waals surface area (Å²) >= 11 is 0. The first-order valence-electron chi connectivity index (χ1n) is 6.38. The van der Waals surface area contributed by atoms with Crippen molar-refractivity contribution in [2.45, 2.75) is 25.4 Å². The Kier molecular flexibility index (Phi) is 4.33. The maximum Gasteiger partial charge on any atom is 0.335 e. The van der Waals surface area contributed by atoms with E-state index in [1.54, 1.807) is 12.1 Å². The molecule has 1 heterocycles. The van der Waals surface area contributed by atoms with Gasteiger partial charge in [-0.05, 0) is 37.4 Å². The molecule has 18 heavy (non-hydrogen) atoms. The molecule has 98 valence electrons. The first kappa shape index (κ1) is 13.1. The second-order valence-corrected chi connectivity index (χ2v) is 4.81. The molecule has 4 nitrogen and oxygen atoms in total. The zero-order valence-electron chi connectivity index (χ0n) is 10.4.